The molecular weight excluding hydrogens is 556 g/mol. The number of carbonyl (C=O) groups excluding carboxylic acids is 1. The van der Waals surface area contributed by atoms with Crippen LogP contribution in [-0.2, 0) is 22.4 Å². The van der Waals surface area contributed by atoms with Crippen molar-refractivity contribution in [2.75, 3.05) is 31.1 Å². The number of sulfonamides is 1. The Morgan fingerprint density at radius 2 is 1.33 bits per heavy atom. The number of hydrogen-bond acceptors (Lipinski definition) is 7. The van der Waals surface area contributed by atoms with Crippen LogP contribution in [0.4, 0.5) is 32.3 Å². The van der Waals surface area contributed by atoms with E-state index < -0.39 is 39.4 Å². The van der Waals surface area contributed by atoms with Gasteiger partial charge < -0.3 is 4.90 Å². The van der Waals surface area contributed by atoms with Crippen LogP contribution in [-0.4, -0.2) is 60.0 Å². The van der Waals surface area contributed by atoms with E-state index >= 15 is 0 Å². The quantitative estimate of drug-likeness (QED) is 0.270. The summed E-state index contributed by atoms with van der Waals surface area (Å²) in [5.74, 6) is -0.553. The number of anilines is 1. The lowest BCUT2D eigenvalue weighted by Gasteiger charge is -2.34. The second-order valence-corrected chi connectivity index (χ2v) is 10.4. The Morgan fingerprint density at radius 1 is 0.821 bits per heavy atom. The van der Waals surface area contributed by atoms with Crippen LogP contribution >= 0.6 is 0 Å². The van der Waals surface area contributed by atoms with E-state index in [0.29, 0.717) is 12.1 Å². The van der Waals surface area contributed by atoms with Gasteiger partial charge in [0.15, 0.2) is 0 Å². The van der Waals surface area contributed by atoms with Gasteiger partial charge in [-0.1, -0.05) is 12.1 Å². The third-order valence-electron chi connectivity index (χ3n) is 5.94. The minimum Gasteiger partial charge on any atom is -0.338 e. The van der Waals surface area contributed by atoms with Crippen LogP contribution in [0.25, 0.3) is 11.1 Å². The lowest BCUT2D eigenvalue weighted by molar-refractivity contribution is -0.143. The molecule has 2 N–H and O–H groups in total. The molecule has 0 unspecified atom stereocenters. The van der Waals surface area contributed by atoms with Gasteiger partial charge in [-0.2, -0.15) is 30.6 Å². The van der Waals surface area contributed by atoms with E-state index in [0.717, 1.165) is 24.3 Å². The summed E-state index contributed by atoms with van der Waals surface area (Å²) >= 11 is 0. The number of aromatic nitrogens is 2. The molecule has 4 rings (SSSR count). The molecule has 1 aromatic heterocycles. The Hall–Kier alpha value is -3.76. The monoisotopic (exact) mass is 575 g/mol. The topological polar surface area (TPSA) is 116 Å². The first-order valence-corrected chi connectivity index (χ1v) is 12.6. The molecule has 0 atom stereocenters. The maximum Gasteiger partial charge on any atom is 0.416 e. The van der Waals surface area contributed by atoms with E-state index in [9.17, 15) is 39.6 Å². The standard InChI is InChI=1S/C23H19F6N5O4S/c24-22(25,26)17-9-15(10-18(11-17)23(27,28)29)14-1-3-19(4-2-14)39(37,38)34-7-5-33(6-8-34)21-30-12-16(13-31-21)20(35)32-36/h1-4,9-13,36H,5-8H2,(H,32,35). The molecule has 39 heavy (non-hydrogen) atoms. The van der Waals surface area contributed by atoms with Crippen molar-refractivity contribution in [3.05, 3.63) is 71.5 Å². The van der Waals surface area contributed by atoms with E-state index in [1.165, 1.54) is 22.2 Å². The highest BCUT2D eigenvalue weighted by molar-refractivity contribution is 7.89. The average Bonchev–Trinajstić information content (AvgIpc) is 2.91. The van der Waals surface area contributed by atoms with Gasteiger partial charge >= 0.3 is 12.4 Å². The van der Waals surface area contributed by atoms with Crippen LogP contribution in [0.15, 0.2) is 59.8 Å². The Balaban J connectivity index is 1.50. The molecule has 2 aromatic carbocycles. The number of hydroxylamine groups is 1. The van der Waals surface area contributed by atoms with Gasteiger partial charge in [0.25, 0.3) is 5.91 Å². The highest BCUT2D eigenvalue weighted by atomic mass is 32.2. The SMILES string of the molecule is O=C(NO)c1cnc(N2CCN(S(=O)(=O)c3ccc(-c4cc(C(F)(F)F)cc(C(F)(F)F)c4)cc3)CC2)nc1. The highest BCUT2D eigenvalue weighted by Gasteiger charge is 2.37. The normalized spacial score (nSPS) is 15.3. The van der Waals surface area contributed by atoms with Crippen LogP contribution in [0.2, 0.25) is 0 Å². The summed E-state index contributed by atoms with van der Waals surface area (Å²) in [4.78, 5) is 20.9. The molecule has 0 radical (unpaired) electrons. The van der Waals surface area contributed by atoms with E-state index in [-0.39, 0.29) is 59.8 Å². The van der Waals surface area contributed by atoms with Crippen molar-refractivity contribution in [3.8, 4) is 11.1 Å². The number of halogens is 6. The number of piperazine rings is 1. The summed E-state index contributed by atoms with van der Waals surface area (Å²) < 4.78 is 107. The molecule has 2 heterocycles. The molecule has 1 amide bonds. The fraction of sp³-hybridized carbons (Fsp3) is 0.261. The molecule has 0 saturated carbocycles. The predicted molar refractivity (Wildman–Crippen MR) is 124 cm³/mol. The van der Waals surface area contributed by atoms with Crippen LogP contribution < -0.4 is 10.4 Å². The van der Waals surface area contributed by atoms with Crippen molar-refractivity contribution >= 4 is 21.9 Å². The molecule has 208 valence electrons. The third kappa shape index (κ3) is 6.12. The molecule has 3 aromatic rings. The second kappa shape index (κ2) is 10.4. The second-order valence-electron chi connectivity index (χ2n) is 8.42. The fourth-order valence-electron chi connectivity index (χ4n) is 3.88. The van der Waals surface area contributed by atoms with E-state index in [2.05, 4.69) is 9.97 Å². The van der Waals surface area contributed by atoms with Crippen molar-refractivity contribution < 1.29 is 44.8 Å². The van der Waals surface area contributed by atoms with Gasteiger partial charge in [0.1, 0.15) is 0 Å². The summed E-state index contributed by atoms with van der Waals surface area (Å²) in [6, 6.07) is 5.71. The molecule has 16 heteroatoms. The average molecular weight is 575 g/mol. The minimum atomic E-state index is -5.01. The molecule has 0 bridgehead atoms. The summed E-state index contributed by atoms with van der Waals surface area (Å²) in [5, 5.41) is 8.65. The molecule has 1 aliphatic heterocycles. The van der Waals surface area contributed by atoms with Crippen molar-refractivity contribution in [2.45, 2.75) is 17.2 Å². The molecule has 1 saturated heterocycles. The Kier molecular flexibility index (Phi) is 7.55. The van der Waals surface area contributed by atoms with Crippen molar-refractivity contribution in [1.29, 1.82) is 0 Å². The first-order chi connectivity index (χ1) is 18.2. The number of alkyl halides is 6. The number of amides is 1. The first-order valence-electron chi connectivity index (χ1n) is 11.1. The van der Waals surface area contributed by atoms with Crippen molar-refractivity contribution in [2.24, 2.45) is 0 Å². The smallest absolute Gasteiger partial charge is 0.338 e. The van der Waals surface area contributed by atoms with Crippen molar-refractivity contribution in [1.82, 2.24) is 19.8 Å². The zero-order chi connectivity index (χ0) is 28.6. The van der Waals surface area contributed by atoms with E-state index in [1.807, 2.05) is 0 Å². The number of carbonyl (C=O) groups is 1. The number of nitrogens with one attached hydrogen (secondary N) is 1. The van der Waals surface area contributed by atoms with Gasteiger partial charge in [-0.05, 0) is 41.5 Å². The zero-order valence-corrected chi connectivity index (χ0v) is 20.5. The van der Waals surface area contributed by atoms with Gasteiger partial charge in [-0.3, -0.25) is 10.0 Å². The Bertz CT molecular complexity index is 1420. The lowest BCUT2D eigenvalue weighted by atomic mass is 9.99. The zero-order valence-electron chi connectivity index (χ0n) is 19.7. The summed E-state index contributed by atoms with van der Waals surface area (Å²) in [7, 11) is -4.03. The van der Waals surface area contributed by atoms with E-state index in [1.54, 1.807) is 4.90 Å². The number of nitrogens with zero attached hydrogens (tertiary/aromatic N) is 4. The van der Waals surface area contributed by atoms with Gasteiger partial charge in [0.05, 0.1) is 21.6 Å². The van der Waals surface area contributed by atoms with Crippen LogP contribution in [0.3, 0.4) is 0 Å². The molecule has 1 aliphatic rings. The summed E-state index contributed by atoms with van der Waals surface area (Å²) in [6.45, 7) is 0.477. The summed E-state index contributed by atoms with van der Waals surface area (Å²) in [5.41, 5.74) is -1.87. The van der Waals surface area contributed by atoms with Gasteiger partial charge in [-0.15, -0.1) is 0 Å². The van der Waals surface area contributed by atoms with Gasteiger partial charge in [-0.25, -0.2) is 23.9 Å². The largest absolute Gasteiger partial charge is 0.416 e. The third-order valence-corrected chi connectivity index (χ3v) is 7.85. The molecular formula is C23H19F6N5O4S. The summed E-state index contributed by atoms with van der Waals surface area (Å²) in [6.07, 6.45) is -7.63. The maximum absolute atomic E-state index is 13.2. The van der Waals surface area contributed by atoms with E-state index in [4.69, 9.17) is 5.21 Å². The lowest BCUT2D eigenvalue weighted by Crippen LogP contribution is -2.49. The molecule has 0 spiro atoms. The number of benzene rings is 2. The number of rotatable bonds is 5. The van der Waals surface area contributed by atoms with Crippen LogP contribution in [0.1, 0.15) is 21.5 Å². The minimum absolute atomic E-state index is 0.0191. The molecule has 1 fully saturated rings. The van der Waals surface area contributed by atoms with Crippen LogP contribution in [0.5, 0.6) is 0 Å². The first kappa shape index (κ1) is 28.3. The Labute approximate surface area is 217 Å². The highest BCUT2D eigenvalue weighted by Crippen LogP contribution is 2.38. The maximum atomic E-state index is 13.2. The van der Waals surface area contributed by atoms with Crippen molar-refractivity contribution in [3.63, 3.8) is 0 Å². The predicted octanol–water partition coefficient (Wildman–Crippen LogP) is 3.81. The van der Waals surface area contributed by atoms with Gasteiger partial charge in [0.2, 0.25) is 16.0 Å². The Morgan fingerprint density at radius 3 is 1.79 bits per heavy atom. The van der Waals surface area contributed by atoms with Crippen LogP contribution in [0, 0.1) is 0 Å². The fourth-order valence-corrected chi connectivity index (χ4v) is 5.31. The number of hydrogen-bond donors (Lipinski definition) is 2. The van der Waals surface area contributed by atoms with Gasteiger partial charge in [0, 0.05) is 38.6 Å². The molecule has 9 nitrogen and oxygen atoms in total. The molecule has 0 aliphatic carbocycles.